The van der Waals surface area contributed by atoms with Gasteiger partial charge in [0.25, 0.3) is 0 Å². The first kappa shape index (κ1) is 27.5. The minimum Gasteiger partial charge on any atom is -0.445 e. The van der Waals surface area contributed by atoms with Crippen LogP contribution in [0.15, 0.2) is 94.9 Å². The van der Waals surface area contributed by atoms with Gasteiger partial charge in [-0.25, -0.2) is 4.79 Å². The molecule has 1 aliphatic heterocycles. The average molecular weight is 533 g/mol. The summed E-state index contributed by atoms with van der Waals surface area (Å²) in [5.41, 5.74) is 11.9. The molecule has 1 aliphatic rings. The van der Waals surface area contributed by atoms with Gasteiger partial charge in [-0.3, -0.25) is 0 Å². The molecule has 4 rings (SSSR count). The van der Waals surface area contributed by atoms with Crippen LogP contribution in [0.4, 0.5) is 4.79 Å². The Morgan fingerprint density at radius 1 is 1.03 bits per heavy atom. The van der Waals surface area contributed by atoms with Crippen molar-refractivity contribution < 1.29 is 19.0 Å². The average Bonchev–Trinajstić information content (AvgIpc) is 2.94. The van der Waals surface area contributed by atoms with Crippen LogP contribution >= 0.6 is 11.8 Å². The summed E-state index contributed by atoms with van der Waals surface area (Å²) in [6.07, 6.45) is -0.803. The molecule has 1 heterocycles. The zero-order valence-electron chi connectivity index (χ0n) is 21.6. The fraction of sp³-hybridized carbons (Fsp3) is 0.345. The Balaban J connectivity index is 1.47. The molecule has 1 unspecified atom stereocenters. The number of benzene rings is 3. The lowest BCUT2D eigenvalue weighted by molar-refractivity contribution is -0.132. The van der Waals surface area contributed by atoms with Crippen LogP contribution in [0, 0.1) is 6.92 Å². The van der Waals surface area contributed by atoms with Crippen LogP contribution in [0.5, 0.6) is 0 Å². The predicted molar refractivity (Wildman–Crippen MR) is 148 cm³/mol. The highest BCUT2D eigenvalue weighted by molar-refractivity contribution is 7.99. The summed E-state index contributed by atoms with van der Waals surface area (Å²) in [7, 11) is 1.69. The van der Waals surface area contributed by atoms with E-state index < -0.39 is 23.7 Å². The molecule has 4 atom stereocenters. The van der Waals surface area contributed by atoms with Crippen molar-refractivity contribution in [3.05, 3.63) is 112 Å². The third kappa shape index (κ3) is 8.00. The number of likely N-dealkylation sites (N-methyl/N-ethyl adjacent to an activating group) is 1. The van der Waals surface area contributed by atoms with Crippen molar-refractivity contribution in [2.75, 3.05) is 13.6 Å². The number of carbonyl (C=O) groups excluding carboxylic acids is 1. The maximum absolute atomic E-state index is 12.8. The van der Waals surface area contributed by atoms with E-state index in [4.69, 9.17) is 14.2 Å². The summed E-state index contributed by atoms with van der Waals surface area (Å²) in [6.45, 7) is 2.87. The smallest absolute Gasteiger partial charge is 0.409 e. The lowest BCUT2D eigenvalue weighted by atomic mass is 10.0. The number of carbonyl (C=O) groups is 1. The zero-order chi connectivity index (χ0) is 26.7. The second-order valence-corrected chi connectivity index (χ2v) is 10.4. The van der Waals surface area contributed by atoms with E-state index in [0.29, 0.717) is 13.0 Å². The van der Waals surface area contributed by atoms with Crippen LogP contribution < -0.4 is 0 Å². The van der Waals surface area contributed by atoms with Crippen LogP contribution in [0.25, 0.3) is 10.4 Å². The van der Waals surface area contributed by atoms with Crippen LogP contribution in [0.2, 0.25) is 0 Å². The largest absolute Gasteiger partial charge is 0.445 e. The molecule has 3 aromatic carbocycles. The fourth-order valence-electron chi connectivity index (χ4n) is 4.16. The Kier molecular flexibility index (Phi) is 10.1. The normalized spacial score (nSPS) is 20.8. The molecule has 0 radical (unpaired) electrons. The number of ether oxygens (including phenoxy) is 3. The molecular weight excluding hydrogens is 500 g/mol. The lowest BCUT2D eigenvalue weighted by Gasteiger charge is -2.40. The molecule has 9 heteroatoms. The number of rotatable bonds is 10. The van der Waals surface area contributed by atoms with Crippen LogP contribution in [0.3, 0.4) is 0 Å². The Hall–Kier alpha value is -3.49. The van der Waals surface area contributed by atoms with Crippen LogP contribution in [-0.2, 0) is 27.4 Å². The number of thioether (sulfide) groups is 1. The molecule has 0 bridgehead atoms. The molecule has 1 saturated heterocycles. The number of azide groups is 1. The molecule has 0 N–H and O–H groups in total. The molecular formula is C29H32N4O4S. The number of hydrogen-bond donors (Lipinski definition) is 0. The quantitative estimate of drug-likeness (QED) is 0.164. The van der Waals surface area contributed by atoms with E-state index in [1.54, 1.807) is 7.05 Å². The zero-order valence-corrected chi connectivity index (χ0v) is 22.4. The molecule has 198 valence electrons. The van der Waals surface area contributed by atoms with Gasteiger partial charge in [-0.05, 0) is 42.1 Å². The minimum atomic E-state index is -0.445. The van der Waals surface area contributed by atoms with E-state index in [-0.39, 0.29) is 19.3 Å². The van der Waals surface area contributed by atoms with Gasteiger partial charge in [0.2, 0.25) is 0 Å². The van der Waals surface area contributed by atoms with E-state index in [9.17, 15) is 10.3 Å². The van der Waals surface area contributed by atoms with Crippen LogP contribution in [-0.4, -0.2) is 48.3 Å². The van der Waals surface area contributed by atoms with Crippen molar-refractivity contribution in [3.8, 4) is 0 Å². The third-order valence-corrected chi connectivity index (χ3v) is 7.46. The van der Waals surface area contributed by atoms with Crippen molar-refractivity contribution in [3.63, 3.8) is 0 Å². The van der Waals surface area contributed by atoms with Crippen molar-refractivity contribution in [1.29, 1.82) is 0 Å². The van der Waals surface area contributed by atoms with Gasteiger partial charge in [0.1, 0.15) is 18.1 Å². The first-order chi connectivity index (χ1) is 18.5. The topological polar surface area (TPSA) is 96.8 Å². The van der Waals surface area contributed by atoms with E-state index >= 15 is 0 Å². The highest BCUT2D eigenvalue weighted by Crippen LogP contribution is 2.36. The molecule has 1 amide bonds. The maximum atomic E-state index is 12.8. The van der Waals surface area contributed by atoms with E-state index in [0.717, 1.165) is 21.6 Å². The van der Waals surface area contributed by atoms with Gasteiger partial charge in [-0.15, -0.1) is 0 Å². The summed E-state index contributed by atoms with van der Waals surface area (Å²) in [4.78, 5) is 18.4. The van der Waals surface area contributed by atoms with Gasteiger partial charge >= 0.3 is 6.09 Å². The first-order valence-electron chi connectivity index (χ1n) is 12.5. The molecule has 0 aliphatic carbocycles. The lowest BCUT2D eigenvalue weighted by Crippen LogP contribution is -2.51. The predicted octanol–water partition coefficient (Wildman–Crippen LogP) is 6.74. The SMILES string of the molecule is Cc1ccc(SC2O[C@H](CN(C)C(=O)OCc3ccccc3)[C@@H](OCc3ccccc3)C[C@H]2N=[N+]=[N-])cc1. The Morgan fingerprint density at radius 2 is 1.66 bits per heavy atom. The minimum absolute atomic E-state index is 0.189. The second kappa shape index (κ2) is 13.9. The van der Waals surface area contributed by atoms with E-state index in [2.05, 4.69) is 10.0 Å². The van der Waals surface area contributed by atoms with Gasteiger partial charge in [-0.2, -0.15) is 0 Å². The van der Waals surface area contributed by atoms with Gasteiger partial charge in [0, 0.05) is 16.9 Å². The number of nitrogens with zero attached hydrogens (tertiary/aromatic N) is 4. The fourth-order valence-corrected chi connectivity index (χ4v) is 5.25. The molecule has 38 heavy (non-hydrogen) atoms. The van der Waals surface area contributed by atoms with Gasteiger partial charge in [0.05, 0.1) is 25.3 Å². The molecule has 8 nitrogen and oxygen atoms in total. The monoisotopic (exact) mass is 532 g/mol. The standard InChI is InChI=1S/C29H32N4O4S/c1-21-13-15-24(16-14-21)38-28-25(31-32-30)17-26(35-19-22-9-5-3-6-10-22)27(37-28)18-33(2)29(34)36-20-23-11-7-4-8-12-23/h3-16,25-28H,17-20H2,1-2H3/t25-,26+,27-,28?/m1/s1. The summed E-state index contributed by atoms with van der Waals surface area (Å²) in [5.74, 6) is 0. The summed E-state index contributed by atoms with van der Waals surface area (Å²) < 4.78 is 18.3. The number of aryl methyl sites for hydroxylation is 1. The highest BCUT2D eigenvalue weighted by atomic mass is 32.2. The Morgan fingerprint density at radius 3 is 2.29 bits per heavy atom. The van der Waals surface area contributed by atoms with Crippen molar-refractivity contribution >= 4 is 17.9 Å². The molecule has 0 aromatic heterocycles. The van der Waals surface area contributed by atoms with Gasteiger partial charge < -0.3 is 19.1 Å². The summed E-state index contributed by atoms with van der Waals surface area (Å²) >= 11 is 1.51. The first-order valence-corrected chi connectivity index (χ1v) is 13.4. The summed E-state index contributed by atoms with van der Waals surface area (Å²) in [6, 6.07) is 27.1. The van der Waals surface area contributed by atoms with Gasteiger partial charge in [0.15, 0.2) is 0 Å². The van der Waals surface area contributed by atoms with E-state index in [1.165, 1.54) is 16.7 Å². The third-order valence-electron chi connectivity index (χ3n) is 6.26. The number of amides is 1. The molecule has 1 fully saturated rings. The number of hydrogen-bond acceptors (Lipinski definition) is 6. The maximum Gasteiger partial charge on any atom is 0.409 e. The Bertz CT molecular complexity index is 1210. The van der Waals surface area contributed by atoms with Crippen molar-refractivity contribution in [2.45, 2.75) is 55.1 Å². The van der Waals surface area contributed by atoms with Crippen molar-refractivity contribution in [2.24, 2.45) is 5.11 Å². The Labute approximate surface area is 227 Å². The van der Waals surface area contributed by atoms with Crippen LogP contribution in [0.1, 0.15) is 23.1 Å². The highest BCUT2D eigenvalue weighted by Gasteiger charge is 2.40. The van der Waals surface area contributed by atoms with Gasteiger partial charge in [-0.1, -0.05) is 95.2 Å². The molecule has 0 spiro atoms. The van der Waals surface area contributed by atoms with E-state index in [1.807, 2.05) is 91.9 Å². The summed E-state index contributed by atoms with van der Waals surface area (Å²) in [5, 5.41) is 4.05. The second-order valence-electron chi connectivity index (χ2n) is 9.24. The van der Waals surface area contributed by atoms with Crippen molar-refractivity contribution in [1.82, 2.24) is 4.90 Å². The molecule has 0 saturated carbocycles. The molecule has 3 aromatic rings.